The van der Waals surface area contributed by atoms with E-state index in [0.29, 0.717) is 16.5 Å². The maximum atomic E-state index is 5.91. The molecule has 1 N–H and O–H groups in total. The lowest BCUT2D eigenvalue weighted by Crippen LogP contribution is -2.44. The molecule has 1 aliphatic rings. The largest absolute Gasteiger partial charge is 0.454 e. The Morgan fingerprint density at radius 1 is 1.10 bits per heavy atom. The van der Waals surface area contributed by atoms with Gasteiger partial charge in [0.15, 0.2) is 5.75 Å². The molecular weight excluding hydrogens is 276 g/mol. The first-order valence-electron chi connectivity index (χ1n) is 6.52. The molecule has 0 bridgehead atoms. The van der Waals surface area contributed by atoms with Crippen molar-refractivity contribution in [1.29, 1.82) is 0 Å². The summed E-state index contributed by atoms with van der Waals surface area (Å²) >= 11 is 5.91. The summed E-state index contributed by atoms with van der Waals surface area (Å²) in [5.41, 5.74) is 0. The molecule has 1 aromatic heterocycles. The van der Waals surface area contributed by atoms with Crippen molar-refractivity contribution >= 4 is 17.5 Å². The van der Waals surface area contributed by atoms with Gasteiger partial charge in [0.2, 0.25) is 5.95 Å². The molecule has 20 heavy (non-hydrogen) atoms. The lowest BCUT2D eigenvalue weighted by molar-refractivity contribution is 0.476. The highest BCUT2D eigenvalue weighted by Crippen LogP contribution is 2.23. The molecule has 1 saturated heterocycles. The van der Waals surface area contributed by atoms with Gasteiger partial charge in [0, 0.05) is 31.2 Å². The molecule has 0 saturated carbocycles. The van der Waals surface area contributed by atoms with E-state index in [-0.39, 0.29) is 0 Å². The lowest BCUT2D eigenvalue weighted by Gasteiger charge is -2.27. The lowest BCUT2D eigenvalue weighted by atomic mass is 10.3. The second-order valence-electron chi connectivity index (χ2n) is 4.52. The number of hydrogen-bond acceptors (Lipinski definition) is 5. The average Bonchev–Trinajstić information content (AvgIpc) is 2.49. The van der Waals surface area contributed by atoms with E-state index in [1.54, 1.807) is 24.5 Å². The zero-order valence-corrected chi connectivity index (χ0v) is 11.7. The van der Waals surface area contributed by atoms with Crippen molar-refractivity contribution < 1.29 is 4.74 Å². The van der Waals surface area contributed by atoms with Crippen molar-refractivity contribution in [1.82, 2.24) is 15.3 Å². The Kier molecular flexibility index (Phi) is 3.99. The van der Waals surface area contributed by atoms with E-state index in [0.717, 1.165) is 32.1 Å². The number of aromatic nitrogens is 2. The van der Waals surface area contributed by atoms with Crippen molar-refractivity contribution in [2.45, 2.75) is 0 Å². The zero-order chi connectivity index (χ0) is 13.8. The topological polar surface area (TPSA) is 50.3 Å². The van der Waals surface area contributed by atoms with Crippen molar-refractivity contribution in [2.75, 3.05) is 31.1 Å². The third-order valence-electron chi connectivity index (χ3n) is 3.05. The number of anilines is 1. The van der Waals surface area contributed by atoms with Crippen LogP contribution in [0.25, 0.3) is 0 Å². The van der Waals surface area contributed by atoms with E-state index in [4.69, 9.17) is 16.3 Å². The van der Waals surface area contributed by atoms with Gasteiger partial charge in [-0.3, -0.25) is 0 Å². The fraction of sp³-hybridized carbons (Fsp3) is 0.286. The predicted molar refractivity (Wildman–Crippen MR) is 78.6 cm³/mol. The van der Waals surface area contributed by atoms with Crippen LogP contribution in [0, 0.1) is 0 Å². The average molecular weight is 291 g/mol. The Balaban J connectivity index is 1.69. The third kappa shape index (κ3) is 3.18. The molecule has 0 atom stereocenters. The van der Waals surface area contributed by atoms with Crippen molar-refractivity contribution in [3.63, 3.8) is 0 Å². The smallest absolute Gasteiger partial charge is 0.225 e. The van der Waals surface area contributed by atoms with E-state index in [1.165, 1.54) is 0 Å². The van der Waals surface area contributed by atoms with E-state index in [2.05, 4.69) is 20.2 Å². The van der Waals surface area contributed by atoms with Gasteiger partial charge in [-0.25, -0.2) is 9.97 Å². The molecule has 3 rings (SSSR count). The van der Waals surface area contributed by atoms with Crippen LogP contribution >= 0.6 is 11.6 Å². The van der Waals surface area contributed by atoms with Crippen LogP contribution < -0.4 is 15.0 Å². The highest BCUT2D eigenvalue weighted by Gasteiger charge is 2.12. The minimum Gasteiger partial charge on any atom is -0.454 e. The van der Waals surface area contributed by atoms with Gasteiger partial charge < -0.3 is 15.0 Å². The van der Waals surface area contributed by atoms with Gasteiger partial charge in [0.25, 0.3) is 0 Å². The number of halogens is 1. The summed E-state index contributed by atoms with van der Waals surface area (Å²) in [5.74, 6) is 2.02. The molecule has 2 heterocycles. The molecule has 1 fully saturated rings. The summed E-state index contributed by atoms with van der Waals surface area (Å²) in [6, 6.07) is 7.24. The van der Waals surface area contributed by atoms with Crippen LogP contribution in [0.4, 0.5) is 5.95 Å². The fourth-order valence-corrected chi connectivity index (χ4v) is 2.24. The molecule has 104 valence electrons. The summed E-state index contributed by atoms with van der Waals surface area (Å²) in [7, 11) is 0. The standard InChI is InChI=1S/C14H15ClN4O/c15-11-2-1-3-12(8-11)20-13-9-17-14(18-10-13)19-6-4-16-5-7-19/h1-3,8-10,16H,4-7H2. The highest BCUT2D eigenvalue weighted by atomic mass is 35.5. The van der Waals surface area contributed by atoms with E-state index in [1.807, 2.05) is 12.1 Å². The number of piperazine rings is 1. The molecule has 6 heteroatoms. The van der Waals surface area contributed by atoms with Gasteiger partial charge in [0.1, 0.15) is 5.75 Å². The van der Waals surface area contributed by atoms with Crippen LogP contribution in [0.3, 0.4) is 0 Å². The summed E-state index contributed by atoms with van der Waals surface area (Å²) in [6.45, 7) is 3.78. The Morgan fingerprint density at radius 3 is 2.55 bits per heavy atom. The summed E-state index contributed by atoms with van der Waals surface area (Å²) in [6.07, 6.45) is 3.37. The predicted octanol–water partition coefficient (Wildman–Crippen LogP) is 2.33. The van der Waals surface area contributed by atoms with Crippen molar-refractivity contribution in [3.8, 4) is 11.5 Å². The molecule has 0 aliphatic carbocycles. The van der Waals surface area contributed by atoms with Crippen molar-refractivity contribution in [2.24, 2.45) is 0 Å². The first-order chi connectivity index (χ1) is 9.81. The SMILES string of the molecule is Clc1cccc(Oc2cnc(N3CCNCC3)nc2)c1. The molecule has 2 aromatic rings. The molecule has 0 amide bonds. The first-order valence-corrected chi connectivity index (χ1v) is 6.90. The number of nitrogens with zero attached hydrogens (tertiary/aromatic N) is 3. The van der Waals surface area contributed by atoms with Crippen LogP contribution in [0.2, 0.25) is 5.02 Å². The summed E-state index contributed by atoms with van der Waals surface area (Å²) in [5, 5.41) is 3.94. The Labute approximate surface area is 122 Å². The van der Waals surface area contributed by atoms with Crippen LogP contribution in [0.1, 0.15) is 0 Å². The second-order valence-corrected chi connectivity index (χ2v) is 4.95. The highest BCUT2D eigenvalue weighted by molar-refractivity contribution is 6.30. The Morgan fingerprint density at radius 2 is 1.85 bits per heavy atom. The minimum absolute atomic E-state index is 0.603. The number of ether oxygens (including phenoxy) is 1. The number of benzene rings is 1. The molecular formula is C14H15ClN4O. The molecule has 0 unspecified atom stereocenters. The normalized spacial score (nSPS) is 15.2. The number of rotatable bonds is 3. The maximum Gasteiger partial charge on any atom is 0.225 e. The first kappa shape index (κ1) is 13.1. The van der Waals surface area contributed by atoms with Crippen LogP contribution in [0.5, 0.6) is 11.5 Å². The molecule has 1 aromatic carbocycles. The van der Waals surface area contributed by atoms with Crippen LogP contribution in [-0.4, -0.2) is 36.1 Å². The van der Waals surface area contributed by atoms with Gasteiger partial charge in [-0.15, -0.1) is 0 Å². The van der Waals surface area contributed by atoms with Crippen LogP contribution in [-0.2, 0) is 0 Å². The molecule has 1 aliphatic heterocycles. The Hall–Kier alpha value is -1.85. The second kappa shape index (κ2) is 6.07. The zero-order valence-electron chi connectivity index (χ0n) is 10.9. The fourth-order valence-electron chi connectivity index (χ4n) is 2.06. The molecule has 0 radical (unpaired) electrons. The number of hydrogen-bond donors (Lipinski definition) is 1. The van der Waals surface area contributed by atoms with Gasteiger partial charge >= 0.3 is 0 Å². The van der Waals surface area contributed by atoms with Gasteiger partial charge in [0.05, 0.1) is 12.4 Å². The van der Waals surface area contributed by atoms with Crippen LogP contribution in [0.15, 0.2) is 36.7 Å². The van der Waals surface area contributed by atoms with E-state index in [9.17, 15) is 0 Å². The van der Waals surface area contributed by atoms with Gasteiger partial charge in [-0.2, -0.15) is 0 Å². The van der Waals surface area contributed by atoms with Gasteiger partial charge in [-0.05, 0) is 18.2 Å². The van der Waals surface area contributed by atoms with E-state index >= 15 is 0 Å². The Bertz CT molecular complexity index is 570. The maximum absolute atomic E-state index is 5.91. The third-order valence-corrected chi connectivity index (χ3v) is 3.28. The quantitative estimate of drug-likeness (QED) is 0.940. The van der Waals surface area contributed by atoms with Crippen molar-refractivity contribution in [3.05, 3.63) is 41.7 Å². The van der Waals surface area contributed by atoms with E-state index < -0.39 is 0 Å². The minimum atomic E-state index is 0.603. The van der Waals surface area contributed by atoms with Gasteiger partial charge in [-0.1, -0.05) is 17.7 Å². The monoisotopic (exact) mass is 290 g/mol. The summed E-state index contributed by atoms with van der Waals surface area (Å²) in [4.78, 5) is 10.9. The molecule has 5 nitrogen and oxygen atoms in total. The molecule has 0 spiro atoms. The summed E-state index contributed by atoms with van der Waals surface area (Å²) < 4.78 is 5.66. The number of nitrogens with one attached hydrogen (secondary N) is 1.